The first-order valence-corrected chi connectivity index (χ1v) is 11.5. The number of halogens is 5. The average molecular weight is 511 g/mol. The Labute approximate surface area is 204 Å². The lowest BCUT2D eigenvalue weighted by atomic mass is 9.92. The predicted molar refractivity (Wildman–Crippen MR) is 127 cm³/mol. The standard InChI is InChI=1S/C25H26F5N3O3/c1-13-10-15(6-9-19(13)32-24(34)36-14(2)25(28,29)30)23-22(31)18-8-7-17(35-12-21(26)27)11-20(18)33(23)16-4-3-5-16/h6-11,14,16,21H,3-5,12,31H2,1-2H3,(H,32,34). The van der Waals surface area contributed by atoms with Gasteiger partial charge in [-0.05, 0) is 62.9 Å². The molecular formula is C25H26F5N3O3. The van der Waals surface area contributed by atoms with Gasteiger partial charge < -0.3 is 19.8 Å². The third-order valence-electron chi connectivity index (χ3n) is 6.31. The summed E-state index contributed by atoms with van der Waals surface area (Å²) in [5.41, 5.74) is 10.2. The fourth-order valence-corrected chi connectivity index (χ4v) is 4.20. The van der Waals surface area contributed by atoms with Crippen LogP contribution >= 0.6 is 0 Å². The van der Waals surface area contributed by atoms with Crippen LogP contribution in [0.15, 0.2) is 36.4 Å². The van der Waals surface area contributed by atoms with Crippen molar-refractivity contribution in [3.8, 4) is 17.0 Å². The number of ether oxygens (including phenoxy) is 2. The Kier molecular flexibility index (Phi) is 7.01. The van der Waals surface area contributed by atoms with Gasteiger partial charge in [0.2, 0.25) is 0 Å². The first-order valence-electron chi connectivity index (χ1n) is 11.5. The molecule has 1 atom stereocenters. The zero-order valence-corrected chi connectivity index (χ0v) is 19.7. The molecule has 194 valence electrons. The highest BCUT2D eigenvalue weighted by molar-refractivity contribution is 6.02. The number of anilines is 2. The van der Waals surface area contributed by atoms with Crippen LogP contribution in [0, 0.1) is 6.92 Å². The second kappa shape index (κ2) is 9.87. The van der Waals surface area contributed by atoms with E-state index in [4.69, 9.17) is 10.5 Å². The molecule has 11 heteroatoms. The number of alkyl halides is 5. The van der Waals surface area contributed by atoms with Crippen molar-refractivity contribution in [2.45, 2.75) is 57.9 Å². The molecule has 6 nitrogen and oxygen atoms in total. The quantitative estimate of drug-likeness (QED) is 0.333. The summed E-state index contributed by atoms with van der Waals surface area (Å²) in [6.45, 7) is 1.74. The second-order valence-electron chi connectivity index (χ2n) is 8.84. The van der Waals surface area contributed by atoms with Gasteiger partial charge in [-0.25, -0.2) is 13.6 Å². The van der Waals surface area contributed by atoms with E-state index in [1.807, 2.05) is 0 Å². The summed E-state index contributed by atoms with van der Waals surface area (Å²) in [5, 5.41) is 3.10. The fourth-order valence-electron chi connectivity index (χ4n) is 4.20. The summed E-state index contributed by atoms with van der Waals surface area (Å²) in [6, 6.07) is 10.3. The molecule has 1 aromatic heterocycles. The highest BCUT2D eigenvalue weighted by atomic mass is 19.4. The van der Waals surface area contributed by atoms with Gasteiger partial charge in [-0.1, -0.05) is 6.07 Å². The van der Waals surface area contributed by atoms with Gasteiger partial charge in [0.05, 0.1) is 16.9 Å². The predicted octanol–water partition coefficient (Wildman–Crippen LogP) is 7.07. The molecule has 1 aliphatic carbocycles. The van der Waals surface area contributed by atoms with Crippen molar-refractivity contribution >= 4 is 28.4 Å². The first kappa shape index (κ1) is 25.6. The monoisotopic (exact) mass is 511 g/mol. The summed E-state index contributed by atoms with van der Waals surface area (Å²) in [5.74, 6) is 0.315. The van der Waals surface area contributed by atoms with Gasteiger partial charge in [-0.2, -0.15) is 13.2 Å². The van der Waals surface area contributed by atoms with Crippen molar-refractivity contribution in [1.82, 2.24) is 4.57 Å². The van der Waals surface area contributed by atoms with E-state index in [0.717, 1.165) is 48.3 Å². The number of carbonyl (C=O) groups excluding carboxylic acids is 1. The molecule has 0 aliphatic heterocycles. The number of fused-ring (bicyclic) bond motifs is 1. The highest BCUT2D eigenvalue weighted by Crippen LogP contribution is 2.45. The van der Waals surface area contributed by atoms with Crippen LogP contribution in [0.5, 0.6) is 5.75 Å². The topological polar surface area (TPSA) is 78.5 Å². The minimum Gasteiger partial charge on any atom is -0.488 e. The largest absolute Gasteiger partial charge is 0.488 e. The van der Waals surface area contributed by atoms with Crippen LogP contribution in [0.2, 0.25) is 0 Å². The lowest BCUT2D eigenvalue weighted by molar-refractivity contribution is -0.196. The second-order valence-corrected chi connectivity index (χ2v) is 8.84. The number of rotatable bonds is 7. The SMILES string of the molecule is Cc1cc(-c2c(N)c3ccc(OCC(F)F)cc3n2C2CCC2)ccc1NC(=O)OC(C)C(F)(F)F. The number of amides is 1. The Morgan fingerprint density at radius 2 is 1.92 bits per heavy atom. The van der Waals surface area contributed by atoms with Gasteiger partial charge in [0, 0.05) is 28.7 Å². The third-order valence-corrected chi connectivity index (χ3v) is 6.31. The molecule has 36 heavy (non-hydrogen) atoms. The Morgan fingerprint density at radius 1 is 1.19 bits per heavy atom. The van der Waals surface area contributed by atoms with Gasteiger partial charge in [0.25, 0.3) is 6.43 Å². The number of hydrogen-bond acceptors (Lipinski definition) is 4. The van der Waals surface area contributed by atoms with E-state index >= 15 is 0 Å². The smallest absolute Gasteiger partial charge is 0.425 e. The Bertz CT molecular complexity index is 1270. The first-order chi connectivity index (χ1) is 17.0. The van der Waals surface area contributed by atoms with Crippen LogP contribution in [-0.4, -0.2) is 36.0 Å². The van der Waals surface area contributed by atoms with Gasteiger partial charge in [0.1, 0.15) is 12.4 Å². The average Bonchev–Trinajstić information content (AvgIpc) is 3.03. The number of nitrogens with one attached hydrogen (secondary N) is 1. The molecule has 1 amide bonds. The number of nitrogens with zero attached hydrogens (tertiary/aromatic N) is 1. The normalized spacial score (nSPS) is 15.1. The van der Waals surface area contributed by atoms with E-state index in [2.05, 4.69) is 14.6 Å². The molecule has 1 aliphatic rings. The maximum absolute atomic E-state index is 12.7. The minimum absolute atomic E-state index is 0.169. The van der Waals surface area contributed by atoms with E-state index in [1.165, 1.54) is 0 Å². The number of aromatic nitrogens is 1. The number of hydrogen-bond donors (Lipinski definition) is 2. The van der Waals surface area contributed by atoms with Crippen molar-refractivity contribution < 1.29 is 36.2 Å². The molecule has 3 N–H and O–H groups in total. The molecular weight excluding hydrogens is 485 g/mol. The van der Waals surface area contributed by atoms with Crippen LogP contribution < -0.4 is 15.8 Å². The van der Waals surface area contributed by atoms with Crippen molar-refractivity contribution in [2.24, 2.45) is 0 Å². The lowest BCUT2D eigenvalue weighted by Crippen LogP contribution is -2.32. The maximum Gasteiger partial charge on any atom is 0.425 e. The van der Waals surface area contributed by atoms with Gasteiger partial charge in [-0.3, -0.25) is 5.32 Å². The van der Waals surface area contributed by atoms with E-state index in [0.29, 0.717) is 22.7 Å². The van der Waals surface area contributed by atoms with Crippen molar-refractivity contribution in [2.75, 3.05) is 17.7 Å². The Balaban J connectivity index is 1.67. The number of nitrogens with two attached hydrogens (primary N) is 1. The zero-order valence-electron chi connectivity index (χ0n) is 19.7. The number of aryl methyl sites for hydroxylation is 1. The molecule has 0 radical (unpaired) electrons. The molecule has 1 saturated carbocycles. The number of nitrogen functional groups attached to an aromatic ring is 1. The molecule has 1 heterocycles. The molecule has 1 fully saturated rings. The fraction of sp³-hybridized carbons (Fsp3) is 0.400. The van der Waals surface area contributed by atoms with Gasteiger partial charge >= 0.3 is 12.3 Å². The lowest BCUT2D eigenvalue weighted by Gasteiger charge is -2.30. The molecule has 0 bridgehead atoms. The molecule has 3 aromatic rings. The van der Waals surface area contributed by atoms with Gasteiger partial charge in [-0.15, -0.1) is 0 Å². The maximum atomic E-state index is 12.7. The molecule has 2 aromatic carbocycles. The van der Waals surface area contributed by atoms with Crippen LogP contribution in [-0.2, 0) is 4.74 Å². The van der Waals surface area contributed by atoms with Gasteiger partial charge in [0.15, 0.2) is 6.10 Å². The summed E-state index contributed by atoms with van der Waals surface area (Å²) in [6.07, 6.45) is -7.80. The van der Waals surface area contributed by atoms with Crippen molar-refractivity contribution in [1.29, 1.82) is 0 Å². The van der Waals surface area contributed by atoms with E-state index in [9.17, 15) is 26.7 Å². The molecule has 1 unspecified atom stereocenters. The van der Waals surface area contributed by atoms with Crippen molar-refractivity contribution in [3.05, 3.63) is 42.0 Å². The summed E-state index contributed by atoms with van der Waals surface area (Å²) < 4.78 is 75.0. The minimum atomic E-state index is -4.66. The molecule has 0 spiro atoms. The zero-order chi connectivity index (χ0) is 26.2. The van der Waals surface area contributed by atoms with E-state index in [1.54, 1.807) is 43.3 Å². The number of benzene rings is 2. The Hall–Kier alpha value is -3.50. The highest BCUT2D eigenvalue weighted by Gasteiger charge is 2.39. The van der Waals surface area contributed by atoms with E-state index in [-0.39, 0.29) is 6.04 Å². The Morgan fingerprint density at radius 3 is 2.50 bits per heavy atom. The van der Waals surface area contributed by atoms with Crippen molar-refractivity contribution in [3.63, 3.8) is 0 Å². The summed E-state index contributed by atoms with van der Waals surface area (Å²) >= 11 is 0. The number of carbonyl (C=O) groups is 1. The van der Waals surface area contributed by atoms with Crippen LogP contribution in [0.1, 0.15) is 37.8 Å². The van der Waals surface area contributed by atoms with Crippen LogP contribution in [0.25, 0.3) is 22.2 Å². The van der Waals surface area contributed by atoms with Crippen LogP contribution in [0.4, 0.5) is 38.1 Å². The molecule has 0 saturated heterocycles. The summed E-state index contributed by atoms with van der Waals surface area (Å²) in [7, 11) is 0. The third kappa shape index (κ3) is 5.19. The van der Waals surface area contributed by atoms with Crippen LogP contribution in [0.3, 0.4) is 0 Å². The molecule has 4 rings (SSSR count). The summed E-state index contributed by atoms with van der Waals surface area (Å²) in [4.78, 5) is 11.9. The van der Waals surface area contributed by atoms with E-state index < -0.39 is 31.4 Å².